The Morgan fingerprint density at radius 3 is 1.69 bits per heavy atom. The summed E-state index contributed by atoms with van der Waals surface area (Å²) < 4.78 is 6.32. The smallest absolute Gasteiger partial charge is 0.143 e. The van der Waals surface area contributed by atoms with Crippen LogP contribution in [0.3, 0.4) is 0 Å². The summed E-state index contributed by atoms with van der Waals surface area (Å²) in [5, 5.41) is 2.23. The van der Waals surface area contributed by atoms with Crippen molar-refractivity contribution in [1.82, 2.24) is 0 Å². The van der Waals surface area contributed by atoms with E-state index in [2.05, 4.69) is 176 Å². The van der Waals surface area contributed by atoms with E-state index in [1.807, 2.05) is 30.3 Å². The van der Waals surface area contributed by atoms with Crippen molar-refractivity contribution in [3.8, 4) is 33.4 Å². The lowest BCUT2D eigenvalue weighted by molar-refractivity contribution is 0.670. The van der Waals surface area contributed by atoms with Gasteiger partial charge < -0.3 is 9.32 Å². The molecule has 0 radical (unpaired) electrons. The van der Waals surface area contributed by atoms with Crippen LogP contribution < -0.4 is 4.90 Å². The molecule has 0 aliphatic rings. The summed E-state index contributed by atoms with van der Waals surface area (Å²) in [7, 11) is 0. The second-order valence-electron chi connectivity index (χ2n) is 12.7. The summed E-state index contributed by atoms with van der Waals surface area (Å²) in [4.78, 5) is 3.14. The zero-order valence-corrected chi connectivity index (χ0v) is 29.8. The summed E-state index contributed by atoms with van der Waals surface area (Å²) in [6, 6.07) is 59.3. The van der Waals surface area contributed by atoms with Crippen LogP contribution in [-0.4, -0.2) is 0 Å². The molecule has 7 aromatic carbocycles. The number of hydrogen-bond donors (Lipinski definition) is 1. The molecule has 0 atom stereocenters. The Morgan fingerprint density at radius 2 is 1.10 bits per heavy atom. The third kappa shape index (κ3) is 6.51. The van der Waals surface area contributed by atoms with Crippen molar-refractivity contribution in [2.45, 2.75) is 11.8 Å². The largest absolute Gasteiger partial charge is 0.455 e. The average Bonchev–Trinajstić information content (AvgIpc) is 3.59. The highest BCUT2D eigenvalue weighted by molar-refractivity contribution is 7.80. The van der Waals surface area contributed by atoms with E-state index in [0.29, 0.717) is 0 Å². The van der Waals surface area contributed by atoms with Gasteiger partial charge in [0.05, 0.1) is 0 Å². The van der Waals surface area contributed by atoms with Crippen LogP contribution in [0.1, 0.15) is 12.5 Å². The third-order valence-electron chi connectivity index (χ3n) is 9.53. The van der Waals surface area contributed by atoms with Gasteiger partial charge >= 0.3 is 0 Å². The lowest BCUT2D eigenvalue weighted by Crippen LogP contribution is -2.15. The Labute approximate surface area is 310 Å². The lowest BCUT2D eigenvalue weighted by atomic mass is 9.98. The van der Waals surface area contributed by atoms with Gasteiger partial charge in [0.2, 0.25) is 0 Å². The molecule has 0 saturated heterocycles. The van der Waals surface area contributed by atoms with Crippen molar-refractivity contribution in [1.29, 1.82) is 0 Å². The Balaban J connectivity index is 1.10. The molecule has 8 rings (SSSR count). The fraction of sp³-hybridized carbons (Fsp3) is 0.0204. The van der Waals surface area contributed by atoms with Crippen LogP contribution in [0.15, 0.2) is 210 Å². The minimum Gasteiger partial charge on any atom is -0.455 e. The van der Waals surface area contributed by atoms with Gasteiger partial charge in [0.25, 0.3) is 0 Å². The van der Waals surface area contributed by atoms with E-state index in [9.17, 15) is 0 Å². The van der Waals surface area contributed by atoms with Gasteiger partial charge in [-0.2, -0.15) is 0 Å². The molecule has 1 aromatic heterocycles. The van der Waals surface area contributed by atoms with E-state index in [4.69, 9.17) is 17.0 Å². The number of allylic oxidation sites excluding steroid dienone is 4. The molecule has 2 nitrogen and oxygen atoms in total. The monoisotopic (exact) mass is 687 g/mol. The van der Waals surface area contributed by atoms with Crippen LogP contribution in [0.5, 0.6) is 0 Å². The van der Waals surface area contributed by atoms with E-state index in [1.54, 1.807) is 0 Å². The van der Waals surface area contributed by atoms with Gasteiger partial charge in [0, 0.05) is 38.3 Å². The molecule has 0 fully saturated rings. The van der Waals surface area contributed by atoms with Gasteiger partial charge in [-0.3, -0.25) is 0 Å². The van der Waals surface area contributed by atoms with E-state index in [0.717, 1.165) is 66.2 Å². The Kier molecular flexibility index (Phi) is 9.18. The van der Waals surface area contributed by atoms with Crippen LogP contribution in [-0.2, 0) is 0 Å². The number of hydrogen-bond acceptors (Lipinski definition) is 3. The van der Waals surface area contributed by atoms with Gasteiger partial charge in [-0.15, -0.1) is 12.6 Å². The summed E-state index contributed by atoms with van der Waals surface area (Å²) >= 11 is 4.95. The summed E-state index contributed by atoms with van der Waals surface area (Å²) in [6.07, 6.45) is 6.35. The van der Waals surface area contributed by atoms with Crippen LogP contribution >= 0.6 is 12.6 Å². The molecule has 3 heteroatoms. The maximum atomic E-state index is 6.32. The van der Waals surface area contributed by atoms with Crippen molar-refractivity contribution in [2.24, 2.45) is 0 Å². The van der Waals surface area contributed by atoms with Crippen molar-refractivity contribution in [3.63, 3.8) is 0 Å². The number of fused-ring (bicyclic) bond motifs is 3. The highest BCUT2D eigenvalue weighted by atomic mass is 32.1. The molecule has 0 spiro atoms. The van der Waals surface area contributed by atoms with Crippen molar-refractivity contribution >= 4 is 51.5 Å². The average molecular weight is 688 g/mol. The minimum atomic E-state index is 0.854. The maximum absolute atomic E-state index is 6.32. The Morgan fingerprint density at radius 1 is 0.558 bits per heavy atom. The number of furan rings is 1. The first-order chi connectivity index (χ1) is 25.6. The second kappa shape index (κ2) is 14.5. The van der Waals surface area contributed by atoms with Crippen LogP contribution in [0, 0.1) is 0 Å². The number of benzene rings is 7. The third-order valence-corrected chi connectivity index (χ3v) is 9.90. The van der Waals surface area contributed by atoms with Crippen molar-refractivity contribution in [2.75, 3.05) is 4.90 Å². The highest BCUT2D eigenvalue weighted by Crippen LogP contribution is 2.38. The van der Waals surface area contributed by atoms with Crippen molar-refractivity contribution < 1.29 is 4.42 Å². The number of thiol groups is 1. The molecule has 0 bridgehead atoms. The first-order valence-electron chi connectivity index (χ1n) is 17.5. The zero-order valence-electron chi connectivity index (χ0n) is 28.9. The van der Waals surface area contributed by atoms with E-state index in [1.165, 1.54) is 22.3 Å². The Hall–Kier alpha value is -6.29. The molecule has 0 amide bonds. The van der Waals surface area contributed by atoms with Gasteiger partial charge in [-0.25, -0.2) is 0 Å². The predicted molar refractivity (Wildman–Crippen MR) is 224 cm³/mol. The fourth-order valence-corrected chi connectivity index (χ4v) is 7.19. The minimum absolute atomic E-state index is 0.854. The first kappa shape index (κ1) is 32.9. The summed E-state index contributed by atoms with van der Waals surface area (Å²) in [5.74, 6) is 0. The fourth-order valence-electron chi connectivity index (χ4n) is 6.84. The SMILES string of the molecule is C=C(/C=C\C(=C/C)N(c1ccc(-c2ccccc2)cc1)c1ccc(-c2ccccc2)cc1)c1ccc(-c2cccc3c2oc2ccccc23)cc1S. The first-order valence-corrected chi connectivity index (χ1v) is 17.9. The maximum Gasteiger partial charge on any atom is 0.143 e. The summed E-state index contributed by atoms with van der Waals surface area (Å²) in [6.45, 7) is 6.54. The van der Waals surface area contributed by atoms with E-state index >= 15 is 0 Å². The molecular formula is C49H37NOS. The lowest BCUT2D eigenvalue weighted by Gasteiger charge is -2.27. The zero-order chi connectivity index (χ0) is 35.4. The van der Waals surface area contributed by atoms with Crippen LogP contribution in [0.2, 0.25) is 0 Å². The quantitative estimate of drug-likeness (QED) is 0.120. The molecule has 52 heavy (non-hydrogen) atoms. The molecule has 0 aliphatic heterocycles. The van der Waals surface area contributed by atoms with Crippen LogP contribution in [0.4, 0.5) is 11.4 Å². The van der Waals surface area contributed by atoms with Gasteiger partial charge in [0.15, 0.2) is 0 Å². The number of para-hydroxylation sites is 2. The molecule has 250 valence electrons. The molecule has 0 N–H and O–H groups in total. The van der Waals surface area contributed by atoms with Crippen molar-refractivity contribution in [3.05, 3.63) is 206 Å². The van der Waals surface area contributed by atoms with E-state index in [-0.39, 0.29) is 0 Å². The normalized spacial score (nSPS) is 11.8. The van der Waals surface area contributed by atoms with Gasteiger partial charge in [-0.05, 0) is 88.4 Å². The number of rotatable bonds is 9. The van der Waals surface area contributed by atoms with Crippen LogP contribution in [0.25, 0.3) is 60.9 Å². The molecule has 0 unspecified atom stereocenters. The number of nitrogens with zero attached hydrogens (tertiary/aromatic N) is 1. The standard InChI is InChI=1S/C49H37NOS/c1-3-40(27-21-34(2)43-32-26-39(33-48(43)52)44-18-12-19-46-45-17-10-11-20-47(45)51-49(44)46)50(41-28-22-37(23-29-41)35-13-6-4-7-14-35)42-30-24-38(25-31-42)36-15-8-5-9-16-36/h3-33,52H,2H2,1H3/b27-21-,40-3+. The molecular weight excluding hydrogens is 651 g/mol. The Bertz CT molecular complexity index is 2500. The molecule has 0 saturated carbocycles. The highest BCUT2D eigenvalue weighted by Gasteiger charge is 2.16. The topological polar surface area (TPSA) is 16.4 Å². The van der Waals surface area contributed by atoms with E-state index < -0.39 is 0 Å². The second-order valence-corrected chi connectivity index (χ2v) is 13.2. The van der Waals surface area contributed by atoms with Gasteiger partial charge in [0.1, 0.15) is 11.2 Å². The molecule has 8 aromatic rings. The molecule has 0 aliphatic carbocycles. The van der Waals surface area contributed by atoms with Gasteiger partial charge in [-0.1, -0.05) is 152 Å². The number of anilines is 2. The predicted octanol–water partition coefficient (Wildman–Crippen LogP) is 14.2. The summed E-state index contributed by atoms with van der Waals surface area (Å²) in [5.41, 5.74) is 13.6. The molecule has 1 heterocycles.